The number of amides is 1. The SMILES string of the molecule is CNC(=O)CC1(O)CCCN(Cc2cn3ccccc3c2C#N)C1. The molecule has 3 rings (SSSR count). The van der Waals surface area contributed by atoms with Gasteiger partial charge in [0.2, 0.25) is 5.91 Å². The molecule has 6 nitrogen and oxygen atoms in total. The van der Waals surface area contributed by atoms with E-state index in [2.05, 4.69) is 16.3 Å². The number of aromatic nitrogens is 1. The Hall–Kier alpha value is -2.36. The molecule has 1 atom stereocenters. The molecule has 0 aliphatic carbocycles. The Morgan fingerprint density at radius 2 is 2.33 bits per heavy atom. The monoisotopic (exact) mass is 326 g/mol. The third-order valence-corrected chi connectivity index (χ3v) is 4.67. The smallest absolute Gasteiger partial charge is 0.222 e. The Kier molecular flexibility index (Phi) is 4.56. The number of rotatable bonds is 4. The normalized spacial score (nSPS) is 21.5. The zero-order chi connectivity index (χ0) is 17.2. The zero-order valence-electron chi connectivity index (χ0n) is 13.8. The molecule has 2 aromatic rings. The van der Waals surface area contributed by atoms with Crippen LogP contribution in [0.4, 0.5) is 0 Å². The molecule has 0 bridgehead atoms. The lowest BCUT2D eigenvalue weighted by Gasteiger charge is -2.38. The van der Waals surface area contributed by atoms with Gasteiger partial charge in [0.25, 0.3) is 0 Å². The predicted molar refractivity (Wildman–Crippen MR) is 90.3 cm³/mol. The maximum atomic E-state index is 11.6. The van der Waals surface area contributed by atoms with E-state index in [1.54, 1.807) is 7.05 Å². The van der Waals surface area contributed by atoms with Crippen molar-refractivity contribution in [2.75, 3.05) is 20.1 Å². The molecule has 0 spiro atoms. The van der Waals surface area contributed by atoms with Crippen LogP contribution in [0.2, 0.25) is 0 Å². The number of nitrogens with zero attached hydrogens (tertiary/aromatic N) is 3. The van der Waals surface area contributed by atoms with Crippen LogP contribution in [-0.4, -0.2) is 46.1 Å². The van der Waals surface area contributed by atoms with Gasteiger partial charge >= 0.3 is 0 Å². The number of fused-ring (bicyclic) bond motifs is 1. The van der Waals surface area contributed by atoms with Gasteiger partial charge in [-0.2, -0.15) is 5.26 Å². The van der Waals surface area contributed by atoms with Crippen LogP contribution in [0.1, 0.15) is 30.4 Å². The van der Waals surface area contributed by atoms with Crippen LogP contribution < -0.4 is 5.32 Å². The van der Waals surface area contributed by atoms with E-state index >= 15 is 0 Å². The second kappa shape index (κ2) is 6.63. The van der Waals surface area contributed by atoms with Crippen molar-refractivity contribution in [3.8, 4) is 6.07 Å². The van der Waals surface area contributed by atoms with E-state index < -0.39 is 5.60 Å². The van der Waals surface area contributed by atoms with Crippen molar-refractivity contribution in [3.63, 3.8) is 0 Å². The molecule has 126 valence electrons. The Balaban J connectivity index is 1.79. The van der Waals surface area contributed by atoms with E-state index in [4.69, 9.17) is 0 Å². The number of hydrogen-bond donors (Lipinski definition) is 2. The number of hydrogen-bond acceptors (Lipinski definition) is 4. The standard InChI is InChI=1S/C18H22N4O2/c1-20-17(23)9-18(24)6-4-7-21(13-18)11-14-12-22-8-3-2-5-16(22)15(14)10-19/h2-3,5,8,12,24H,4,6-7,9,11,13H2,1H3,(H,20,23). The summed E-state index contributed by atoms with van der Waals surface area (Å²) in [6.07, 6.45) is 5.48. The van der Waals surface area contributed by atoms with Crippen LogP contribution in [0.3, 0.4) is 0 Å². The van der Waals surface area contributed by atoms with Gasteiger partial charge in [0.05, 0.1) is 23.1 Å². The van der Waals surface area contributed by atoms with Crippen molar-refractivity contribution in [2.45, 2.75) is 31.4 Å². The molecule has 3 heterocycles. The van der Waals surface area contributed by atoms with Crippen LogP contribution in [0, 0.1) is 11.3 Å². The summed E-state index contributed by atoms with van der Waals surface area (Å²) < 4.78 is 1.95. The predicted octanol–water partition coefficient (Wildman–Crippen LogP) is 1.27. The molecule has 0 saturated carbocycles. The fourth-order valence-electron chi connectivity index (χ4n) is 3.54. The minimum atomic E-state index is -0.996. The van der Waals surface area contributed by atoms with Gasteiger partial charge in [0, 0.05) is 38.1 Å². The molecule has 0 aromatic carbocycles. The van der Waals surface area contributed by atoms with Gasteiger partial charge in [0.1, 0.15) is 6.07 Å². The highest BCUT2D eigenvalue weighted by Crippen LogP contribution is 2.27. The van der Waals surface area contributed by atoms with Crippen molar-refractivity contribution in [1.82, 2.24) is 14.6 Å². The lowest BCUT2D eigenvalue weighted by molar-refractivity contribution is -0.128. The second-order valence-electron chi connectivity index (χ2n) is 6.52. The third kappa shape index (κ3) is 3.28. The van der Waals surface area contributed by atoms with Gasteiger partial charge in [0.15, 0.2) is 0 Å². The Morgan fingerprint density at radius 3 is 3.08 bits per heavy atom. The minimum Gasteiger partial charge on any atom is -0.388 e. The molecule has 1 aliphatic heterocycles. The maximum absolute atomic E-state index is 11.6. The molecular weight excluding hydrogens is 304 g/mol. The quantitative estimate of drug-likeness (QED) is 0.887. The summed E-state index contributed by atoms with van der Waals surface area (Å²) in [6, 6.07) is 8.08. The van der Waals surface area contributed by atoms with E-state index in [1.165, 1.54) is 0 Å². The highest BCUT2D eigenvalue weighted by atomic mass is 16.3. The minimum absolute atomic E-state index is 0.114. The summed E-state index contributed by atoms with van der Waals surface area (Å²) in [5.41, 5.74) is 1.53. The maximum Gasteiger partial charge on any atom is 0.222 e. The lowest BCUT2D eigenvalue weighted by Crippen LogP contribution is -2.49. The number of nitriles is 1. The summed E-state index contributed by atoms with van der Waals surface area (Å²) in [6.45, 7) is 1.89. The van der Waals surface area contributed by atoms with Crippen molar-refractivity contribution in [2.24, 2.45) is 0 Å². The summed E-state index contributed by atoms with van der Waals surface area (Å²) >= 11 is 0. The molecular formula is C18H22N4O2. The van der Waals surface area contributed by atoms with E-state index in [-0.39, 0.29) is 12.3 Å². The summed E-state index contributed by atoms with van der Waals surface area (Å²) in [5, 5.41) is 22.8. The molecule has 6 heteroatoms. The Labute approximate surface area is 141 Å². The van der Waals surface area contributed by atoms with Crippen molar-refractivity contribution in [1.29, 1.82) is 5.26 Å². The van der Waals surface area contributed by atoms with Crippen molar-refractivity contribution < 1.29 is 9.90 Å². The first-order valence-corrected chi connectivity index (χ1v) is 8.19. The van der Waals surface area contributed by atoms with Crippen molar-refractivity contribution >= 4 is 11.4 Å². The fraction of sp³-hybridized carbons (Fsp3) is 0.444. The lowest BCUT2D eigenvalue weighted by atomic mass is 9.89. The number of likely N-dealkylation sites (tertiary alicyclic amines) is 1. The molecule has 1 amide bonds. The third-order valence-electron chi connectivity index (χ3n) is 4.67. The van der Waals surface area contributed by atoms with Crippen LogP contribution >= 0.6 is 0 Å². The highest BCUT2D eigenvalue weighted by molar-refractivity contribution is 5.76. The van der Waals surface area contributed by atoms with Gasteiger partial charge in [-0.05, 0) is 31.5 Å². The second-order valence-corrected chi connectivity index (χ2v) is 6.52. The molecule has 0 radical (unpaired) electrons. The topological polar surface area (TPSA) is 80.8 Å². The van der Waals surface area contributed by atoms with Crippen LogP contribution in [0.5, 0.6) is 0 Å². The first-order valence-electron chi connectivity index (χ1n) is 8.19. The van der Waals surface area contributed by atoms with E-state index in [0.717, 1.165) is 24.0 Å². The molecule has 1 unspecified atom stereocenters. The molecule has 1 aliphatic rings. The van der Waals surface area contributed by atoms with Gasteiger partial charge in [-0.1, -0.05) is 6.07 Å². The summed E-state index contributed by atoms with van der Waals surface area (Å²) in [7, 11) is 1.58. The van der Waals surface area contributed by atoms with E-state index in [9.17, 15) is 15.2 Å². The van der Waals surface area contributed by atoms with Crippen LogP contribution in [-0.2, 0) is 11.3 Å². The Morgan fingerprint density at radius 1 is 1.50 bits per heavy atom. The number of pyridine rings is 1. The zero-order valence-corrected chi connectivity index (χ0v) is 13.8. The van der Waals surface area contributed by atoms with Gasteiger partial charge in [-0.25, -0.2) is 0 Å². The van der Waals surface area contributed by atoms with Crippen LogP contribution in [0.15, 0.2) is 30.6 Å². The summed E-state index contributed by atoms with van der Waals surface area (Å²) in [5.74, 6) is -0.147. The van der Waals surface area contributed by atoms with E-state index in [1.807, 2.05) is 35.0 Å². The number of aliphatic hydroxyl groups is 1. The highest BCUT2D eigenvalue weighted by Gasteiger charge is 2.35. The molecule has 1 fully saturated rings. The largest absolute Gasteiger partial charge is 0.388 e. The fourth-order valence-corrected chi connectivity index (χ4v) is 3.54. The average molecular weight is 326 g/mol. The van der Waals surface area contributed by atoms with Gasteiger partial charge < -0.3 is 14.8 Å². The number of piperidine rings is 1. The first-order chi connectivity index (χ1) is 11.5. The molecule has 24 heavy (non-hydrogen) atoms. The van der Waals surface area contributed by atoms with Crippen molar-refractivity contribution in [3.05, 3.63) is 41.7 Å². The molecule has 2 N–H and O–H groups in total. The van der Waals surface area contributed by atoms with Gasteiger partial charge in [-0.3, -0.25) is 9.69 Å². The summed E-state index contributed by atoms with van der Waals surface area (Å²) in [4.78, 5) is 13.8. The van der Waals surface area contributed by atoms with E-state index in [0.29, 0.717) is 25.1 Å². The average Bonchev–Trinajstić information content (AvgIpc) is 2.91. The number of nitrogens with one attached hydrogen (secondary N) is 1. The number of carbonyl (C=O) groups is 1. The number of β-amino-alcohol motifs (C(OH)–C–C–N with tert-alkyl or cyclic N) is 1. The van der Waals surface area contributed by atoms with Crippen LogP contribution in [0.25, 0.3) is 5.52 Å². The van der Waals surface area contributed by atoms with Gasteiger partial charge in [-0.15, -0.1) is 0 Å². The number of carbonyl (C=O) groups excluding carboxylic acids is 1. The Bertz CT molecular complexity index is 792. The molecule has 1 saturated heterocycles. The first kappa shape index (κ1) is 16.5. The molecule has 2 aromatic heterocycles.